The van der Waals surface area contributed by atoms with Crippen LogP contribution in [0, 0.1) is 0 Å². The highest BCUT2D eigenvalue weighted by molar-refractivity contribution is 9.10. The van der Waals surface area contributed by atoms with Crippen LogP contribution in [-0.2, 0) is 4.79 Å². The lowest BCUT2D eigenvalue weighted by Gasteiger charge is -1.98. The topological polar surface area (TPSA) is 77.8 Å². The van der Waals surface area contributed by atoms with E-state index in [-0.39, 0.29) is 0 Å². The van der Waals surface area contributed by atoms with Crippen LogP contribution in [0.1, 0.15) is 5.56 Å². The Kier molecular flexibility index (Phi) is 5.98. The average molecular weight is 387 g/mol. The van der Waals surface area contributed by atoms with E-state index in [2.05, 4.69) is 15.9 Å². The fourth-order valence-corrected chi connectivity index (χ4v) is 2.35. The second-order valence-electron chi connectivity index (χ2n) is 4.92. The molecular formula is C19H15BrO4. The number of carboxylic acids is 1. The molecule has 0 spiro atoms. The SMILES string of the molecule is O=C(O)C(O)=Cc1ccccc1.Oc1ccc2cc(Br)ccc2c1. The zero-order valence-electron chi connectivity index (χ0n) is 12.6. The van der Waals surface area contributed by atoms with Crippen molar-refractivity contribution in [2.45, 2.75) is 0 Å². The number of hydrogen-bond donors (Lipinski definition) is 3. The van der Waals surface area contributed by atoms with Gasteiger partial charge < -0.3 is 15.3 Å². The summed E-state index contributed by atoms with van der Waals surface area (Å²) >= 11 is 3.39. The third-order valence-electron chi connectivity index (χ3n) is 3.11. The molecule has 0 radical (unpaired) electrons. The van der Waals surface area contributed by atoms with Crippen LogP contribution in [0.2, 0.25) is 0 Å². The van der Waals surface area contributed by atoms with Gasteiger partial charge in [-0.2, -0.15) is 0 Å². The van der Waals surface area contributed by atoms with Gasteiger partial charge in [-0.05, 0) is 46.7 Å². The van der Waals surface area contributed by atoms with Crippen molar-refractivity contribution < 1.29 is 20.1 Å². The quantitative estimate of drug-likeness (QED) is 0.428. The van der Waals surface area contributed by atoms with Gasteiger partial charge in [0.25, 0.3) is 0 Å². The van der Waals surface area contributed by atoms with E-state index in [0.29, 0.717) is 11.3 Å². The summed E-state index contributed by atoms with van der Waals surface area (Å²) in [6.45, 7) is 0. The molecule has 0 fully saturated rings. The summed E-state index contributed by atoms with van der Waals surface area (Å²) in [5.41, 5.74) is 0.664. The van der Waals surface area contributed by atoms with E-state index in [0.717, 1.165) is 15.2 Å². The highest BCUT2D eigenvalue weighted by Gasteiger charge is 2.02. The van der Waals surface area contributed by atoms with E-state index in [1.807, 2.05) is 30.3 Å². The van der Waals surface area contributed by atoms with Crippen LogP contribution in [0.15, 0.2) is 77.0 Å². The van der Waals surface area contributed by atoms with Crippen molar-refractivity contribution in [2.24, 2.45) is 0 Å². The first-order valence-corrected chi connectivity index (χ1v) is 7.82. The molecule has 0 amide bonds. The van der Waals surface area contributed by atoms with Gasteiger partial charge in [-0.3, -0.25) is 0 Å². The number of aliphatic carboxylic acids is 1. The Balaban J connectivity index is 0.000000174. The molecule has 0 saturated carbocycles. The number of phenolic OH excluding ortho intramolecular Hbond substituents is 1. The number of rotatable bonds is 2. The predicted molar refractivity (Wildman–Crippen MR) is 98.0 cm³/mol. The summed E-state index contributed by atoms with van der Waals surface area (Å²) in [7, 11) is 0. The van der Waals surface area contributed by atoms with Crippen molar-refractivity contribution >= 4 is 38.7 Å². The molecule has 4 nitrogen and oxygen atoms in total. The minimum atomic E-state index is -1.32. The molecule has 122 valence electrons. The molecule has 0 unspecified atom stereocenters. The molecule has 0 atom stereocenters. The molecule has 24 heavy (non-hydrogen) atoms. The van der Waals surface area contributed by atoms with Gasteiger partial charge in [-0.25, -0.2) is 4.79 Å². The fourth-order valence-electron chi connectivity index (χ4n) is 1.97. The van der Waals surface area contributed by atoms with Crippen LogP contribution in [0.4, 0.5) is 0 Å². The fraction of sp³-hybridized carbons (Fsp3) is 0. The third kappa shape index (κ3) is 5.14. The molecule has 3 aromatic carbocycles. The molecule has 0 saturated heterocycles. The van der Waals surface area contributed by atoms with Crippen molar-refractivity contribution in [3.8, 4) is 5.75 Å². The van der Waals surface area contributed by atoms with Crippen LogP contribution in [0.5, 0.6) is 5.75 Å². The zero-order valence-corrected chi connectivity index (χ0v) is 14.1. The summed E-state index contributed by atoms with van der Waals surface area (Å²) in [5, 5.41) is 28.5. The maximum atomic E-state index is 10.2. The number of halogens is 1. The second kappa shape index (κ2) is 8.17. The van der Waals surface area contributed by atoms with Gasteiger partial charge in [-0.1, -0.05) is 58.4 Å². The van der Waals surface area contributed by atoms with Crippen molar-refractivity contribution in [3.63, 3.8) is 0 Å². The van der Waals surface area contributed by atoms with Crippen molar-refractivity contribution in [3.05, 3.63) is 82.5 Å². The molecule has 3 N–H and O–H groups in total. The van der Waals surface area contributed by atoms with Crippen LogP contribution >= 0.6 is 15.9 Å². The molecule has 3 aromatic rings. The maximum Gasteiger partial charge on any atom is 0.370 e. The highest BCUT2D eigenvalue weighted by Crippen LogP contribution is 2.22. The number of aliphatic hydroxyl groups is 1. The smallest absolute Gasteiger partial charge is 0.370 e. The summed E-state index contributed by atoms with van der Waals surface area (Å²) in [4.78, 5) is 10.2. The van der Waals surface area contributed by atoms with E-state index in [4.69, 9.17) is 10.2 Å². The number of phenols is 1. The number of aromatic hydroxyl groups is 1. The Morgan fingerprint density at radius 3 is 2.17 bits per heavy atom. The Morgan fingerprint density at radius 1 is 0.875 bits per heavy atom. The first-order chi connectivity index (χ1) is 11.5. The van der Waals surface area contributed by atoms with Gasteiger partial charge >= 0.3 is 5.97 Å². The lowest BCUT2D eigenvalue weighted by molar-refractivity contribution is -0.135. The lowest BCUT2D eigenvalue weighted by atomic mass is 10.1. The second-order valence-corrected chi connectivity index (χ2v) is 5.84. The third-order valence-corrected chi connectivity index (χ3v) is 3.60. The van der Waals surface area contributed by atoms with Crippen LogP contribution < -0.4 is 0 Å². The molecule has 5 heteroatoms. The number of fused-ring (bicyclic) bond motifs is 1. The van der Waals surface area contributed by atoms with E-state index < -0.39 is 11.7 Å². The van der Waals surface area contributed by atoms with E-state index in [1.165, 1.54) is 6.08 Å². The molecular weight excluding hydrogens is 372 g/mol. The van der Waals surface area contributed by atoms with Gasteiger partial charge in [-0.15, -0.1) is 0 Å². The average Bonchev–Trinajstić information content (AvgIpc) is 2.56. The Labute approximate surface area is 147 Å². The van der Waals surface area contributed by atoms with Crippen LogP contribution in [0.25, 0.3) is 16.8 Å². The number of carbonyl (C=O) groups is 1. The first-order valence-electron chi connectivity index (χ1n) is 7.03. The summed E-state index contributed by atoms with van der Waals surface area (Å²) < 4.78 is 1.06. The van der Waals surface area contributed by atoms with Crippen molar-refractivity contribution in [1.29, 1.82) is 0 Å². The van der Waals surface area contributed by atoms with Gasteiger partial charge in [0.05, 0.1) is 0 Å². The number of aliphatic hydroxyl groups excluding tert-OH is 1. The molecule has 0 aromatic heterocycles. The molecule has 3 rings (SSSR count). The van der Waals surface area contributed by atoms with Crippen molar-refractivity contribution in [2.75, 3.05) is 0 Å². The predicted octanol–water partition coefficient (Wildman–Crippen LogP) is 4.98. The number of hydrogen-bond acceptors (Lipinski definition) is 3. The standard InChI is InChI=1S/C10H7BrO.C9H8O3/c11-9-3-1-8-6-10(12)4-2-7(8)5-9;10-8(9(11)12)6-7-4-2-1-3-5-7/h1-6,12H;1-6,10H,(H,11,12). The van der Waals surface area contributed by atoms with Crippen LogP contribution in [0.3, 0.4) is 0 Å². The minimum absolute atomic E-state index is 0.310. The Hall–Kier alpha value is -2.79. The maximum absolute atomic E-state index is 10.2. The van der Waals surface area contributed by atoms with Gasteiger partial charge in [0.1, 0.15) is 5.75 Å². The lowest BCUT2D eigenvalue weighted by Crippen LogP contribution is -1.98. The molecule has 0 bridgehead atoms. The van der Waals surface area contributed by atoms with E-state index >= 15 is 0 Å². The first kappa shape index (κ1) is 17.6. The normalized spacial score (nSPS) is 10.8. The highest BCUT2D eigenvalue weighted by atomic mass is 79.9. The molecule has 0 aliphatic heterocycles. The molecule has 0 heterocycles. The molecule has 0 aliphatic carbocycles. The number of benzene rings is 3. The van der Waals surface area contributed by atoms with Gasteiger partial charge in [0, 0.05) is 4.47 Å². The number of carboxylic acid groups (broad SMARTS) is 1. The summed E-state index contributed by atoms with van der Waals surface area (Å²) in [6, 6.07) is 20.1. The summed E-state index contributed by atoms with van der Waals surface area (Å²) in [6.07, 6.45) is 1.20. The van der Waals surface area contributed by atoms with Gasteiger partial charge in [0.2, 0.25) is 5.76 Å². The van der Waals surface area contributed by atoms with E-state index in [1.54, 1.807) is 36.4 Å². The van der Waals surface area contributed by atoms with Crippen molar-refractivity contribution in [1.82, 2.24) is 0 Å². The van der Waals surface area contributed by atoms with E-state index in [9.17, 15) is 9.90 Å². The Morgan fingerprint density at radius 2 is 1.50 bits per heavy atom. The monoisotopic (exact) mass is 386 g/mol. The zero-order chi connectivity index (χ0) is 17.5. The van der Waals surface area contributed by atoms with Crippen LogP contribution in [-0.4, -0.2) is 21.3 Å². The largest absolute Gasteiger partial charge is 0.508 e. The summed E-state index contributed by atoms with van der Waals surface area (Å²) in [5.74, 6) is -1.66. The Bertz CT molecular complexity index is 832. The minimum Gasteiger partial charge on any atom is -0.508 e. The molecule has 0 aliphatic rings. The van der Waals surface area contributed by atoms with Gasteiger partial charge in [0.15, 0.2) is 0 Å².